The minimum atomic E-state index is -0.644. The highest BCUT2D eigenvalue weighted by molar-refractivity contribution is 5.96. The summed E-state index contributed by atoms with van der Waals surface area (Å²) in [7, 11) is 1.65. The highest BCUT2D eigenvalue weighted by Gasteiger charge is 2.25. The highest BCUT2D eigenvalue weighted by atomic mass is 16.6. The number of aromatic nitrogens is 4. The van der Waals surface area contributed by atoms with Crippen LogP contribution in [-0.4, -0.2) is 50.2 Å². The number of carbonyl (C=O) groups is 1. The number of ether oxygens (including phenoxy) is 2. The molecule has 0 fully saturated rings. The zero-order chi connectivity index (χ0) is 27.4. The number of hydrogen-bond donors (Lipinski definition) is 2. The van der Waals surface area contributed by atoms with Crippen molar-refractivity contribution in [1.29, 1.82) is 0 Å². The number of amides is 1. The lowest BCUT2D eigenvalue weighted by Gasteiger charge is -2.25. The van der Waals surface area contributed by atoms with E-state index >= 15 is 0 Å². The number of benzene rings is 2. The van der Waals surface area contributed by atoms with E-state index in [1.807, 2.05) is 88.4 Å². The Morgan fingerprint density at radius 1 is 1.11 bits per heavy atom. The molecule has 198 valence electrons. The molecule has 0 atom stereocenters. The van der Waals surface area contributed by atoms with Gasteiger partial charge in [-0.05, 0) is 69.2 Å². The van der Waals surface area contributed by atoms with Crippen molar-refractivity contribution >= 4 is 28.4 Å². The number of anilines is 1. The minimum Gasteiger partial charge on any atom is -0.457 e. The summed E-state index contributed by atoms with van der Waals surface area (Å²) in [6.07, 6.45) is 2.14. The zero-order valence-electron chi connectivity index (χ0n) is 22.2. The number of carbonyl (C=O) groups excluding carboxylic acids is 1. The van der Waals surface area contributed by atoms with E-state index in [0.29, 0.717) is 34.5 Å². The monoisotopic (exact) mass is 516 g/mol. The fraction of sp³-hybridized carbons (Fsp3) is 0.286. The average molecular weight is 517 g/mol. The molecule has 38 heavy (non-hydrogen) atoms. The number of allylic oxidation sites excluding steroid dienone is 1. The van der Waals surface area contributed by atoms with E-state index in [1.54, 1.807) is 11.7 Å². The summed E-state index contributed by atoms with van der Waals surface area (Å²) in [4.78, 5) is 27.2. The second-order valence-electron chi connectivity index (χ2n) is 9.81. The van der Waals surface area contributed by atoms with E-state index in [0.717, 1.165) is 5.75 Å². The molecule has 2 aromatic heterocycles. The Hall–Kier alpha value is -4.60. The summed E-state index contributed by atoms with van der Waals surface area (Å²) in [5, 5.41) is 11.3. The second-order valence-corrected chi connectivity index (χ2v) is 9.81. The molecule has 1 amide bonds. The van der Waals surface area contributed by atoms with E-state index in [2.05, 4.69) is 15.3 Å². The maximum absolute atomic E-state index is 13.0. The van der Waals surface area contributed by atoms with Crippen LogP contribution < -0.4 is 16.0 Å². The van der Waals surface area contributed by atoms with Gasteiger partial charge in [-0.2, -0.15) is 10.2 Å². The van der Waals surface area contributed by atoms with Crippen LogP contribution in [0.1, 0.15) is 39.8 Å². The third-order valence-electron chi connectivity index (χ3n) is 5.56. The van der Waals surface area contributed by atoms with Crippen LogP contribution in [0.25, 0.3) is 22.2 Å². The SMILES string of the molecule is CC/C=C(\CN(C)C(=O)OC(C)(C)C)c1c2c(=O)[nH]nc(N)c2nn1-c1ccc(Oc2ccccc2)cc1. The average Bonchev–Trinajstić information content (AvgIpc) is 3.28. The van der Waals surface area contributed by atoms with Crippen LogP contribution in [0.3, 0.4) is 0 Å². The molecule has 0 aliphatic heterocycles. The van der Waals surface area contributed by atoms with E-state index in [4.69, 9.17) is 15.2 Å². The molecule has 4 aromatic rings. The Balaban J connectivity index is 1.79. The van der Waals surface area contributed by atoms with E-state index < -0.39 is 17.3 Å². The van der Waals surface area contributed by atoms with Gasteiger partial charge in [0.1, 0.15) is 22.6 Å². The molecule has 2 aromatic carbocycles. The van der Waals surface area contributed by atoms with E-state index in [9.17, 15) is 9.59 Å². The smallest absolute Gasteiger partial charge is 0.410 e. The van der Waals surface area contributed by atoms with E-state index in [-0.39, 0.29) is 17.9 Å². The van der Waals surface area contributed by atoms with Crippen molar-refractivity contribution in [3.05, 3.63) is 76.7 Å². The molecule has 0 aliphatic rings. The Morgan fingerprint density at radius 2 is 1.76 bits per heavy atom. The standard InChI is InChI=1S/C28H32N6O4/c1-6-10-18(17-33(5)27(36)38-28(2,3)4)24-22-23(25(29)30-31-26(22)35)32-34(24)19-13-15-21(16-14-19)37-20-11-8-7-9-12-20/h7-16H,6,17H2,1-5H3,(H2,29,30)(H,31,35)/b18-10+. The number of fused-ring (bicyclic) bond motifs is 1. The number of nitrogens with one attached hydrogen (secondary N) is 1. The number of rotatable bonds is 7. The molecule has 10 nitrogen and oxygen atoms in total. The number of likely N-dealkylation sites (N-methyl/N-ethyl adjacent to an activating group) is 1. The normalized spacial score (nSPS) is 12.0. The van der Waals surface area contributed by atoms with Crippen molar-refractivity contribution in [3.63, 3.8) is 0 Å². The van der Waals surface area contributed by atoms with Gasteiger partial charge < -0.3 is 20.1 Å². The summed E-state index contributed by atoms with van der Waals surface area (Å²) in [5.74, 6) is 1.46. The van der Waals surface area contributed by atoms with Gasteiger partial charge in [0.25, 0.3) is 5.56 Å². The number of nitrogens with zero attached hydrogens (tertiary/aromatic N) is 4. The van der Waals surface area contributed by atoms with Gasteiger partial charge in [-0.3, -0.25) is 4.79 Å². The van der Waals surface area contributed by atoms with Gasteiger partial charge in [-0.15, -0.1) is 0 Å². The molecule has 0 bridgehead atoms. The van der Waals surface area contributed by atoms with Crippen LogP contribution in [0.5, 0.6) is 11.5 Å². The van der Waals surface area contributed by atoms with Gasteiger partial charge in [0.15, 0.2) is 5.82 Å². The first-order chi connectivity index (χ1) is 18.1. The Bertz CT molecular complexity index is 1520. The molecule has 0 aliphatic carbocycles. The molecule has 0 saturated heterocycles. The van der Waals surface area contributed by atoms with Gasteiger partial charge in [-0.25, -0.2) is 14.6 Å². The molecule has 0 radical (unpaired) electrons. The number of H-pyrrole nitrogens is 1. The first-order valence-electron chi connectivity index (χ1n) is 12.3. The van der Waals surface area contributed by atoms with Crippen molar-refractivity contribution in [2.75, 3.05) is 19.3 Å². The second kappa shape index (κ2) is 10.8. The Labute approximate surface area is 220 Å². The third kappa shape index (κ3) is 5.86. The van der Waals surface area contributed by atoms with Crippen LogP contribution in [0.15, 0.2) is 65.5 Å². The van der Waals surface area contributed by atoms with Crippen molar-refractivity contribution < 1.29 is 14.3 Å². The lowest BCUT2D eigenvalue weighted by molar-refractivity contribution is 0.0320. The predicted molar refractivity (Wildman–Crippen MR) is 148 cm³/mol. The predicted octanol–water partition coefficient (Wildman–Crippen LogP) is 5.14. The molecule has 10 heteroatoms. The minimum absolute atomic E-state index is 0.0972. The molecular weight excluding hydrogens is 484 g/mol. The van der Waals surface area contributed by atoms with Gasteiger partial charge in [0.2, 0.25) is 0 Å². The van der Waals surface area contributed by atoms with Crippen LogP contribution in [0.2, 0.25) is 0 Å². The third-order valence-corrected chi connectivity index (χ3v) is 5.56. The van der Waals surface area contributed by atoms with Crippen LogP contribution in [0, 0.1) is 0 Å². The lowest BCUT2D eigenvalue weighted by Crippen LogP contribution is -2.35. The largest absolute Gasteiger partial charge is 0.457 e. The Morgan fingerprint density at radius 3 is 2.39 bits per heavy atom. The van der Waals surface area contributed by atoms with Crippen molar-refractivity contribution in [2.45, 2.75) is 39.7 Å². The fourth-order valence-corrected chi connectivity index (χ4v) is 3.94. The van der Waals surface area contributed by atoms with Gasteiger partial charge in [0.05, 0.1) is 23.3 Å². The summed E-state index contributed by atoms with van der Waals surface area (Å²) in [6.45, 7) is 7.59. The highest BCUT2D eigenvalue weighted by Crippen LogP contribution is 2.30. The van der Waals surface area contributed by atoms with Gasteiger partial charge in [0, 0.05) is 7.05 Å². The fourth-order valence-electron chi connectivity index (χ4n) is 3.94. The number of nitrogens with two attached hydrogens (primary N) is 1. The van der Waals surface area contributed by atoms with Crippen molar-refractivity contribution in [1.82, 2.24) is 24.9 Å². The molecule has 3 N–H and O–H groups in total. The summed E-state index contributed by atoms with van der Waals surface area (Å²) in [6, 6.07) is 16.8. The maximum Gasteiger partial charge on any atom is 0.410 e. The summed E-state index contributed by atoms with van der Waals surface area (Å²) in [5.41, 5.74) is 7.22. The van der Waals surface area contributed by atoms with Crippen molar-refractivity contribution in [3.8, 4) is 17.2 Å². The van der Waals surface area contributed by atoms with Crippen LogP contribution >= 0.6 is 0 Å². The first kappa shape index (κ1) is 26.5. The Kier molecular flexibility index (Phi) is 7.52. The number of hydrogen-bond acceptors (Lipinski definition) is 7. The topological polar surface area (TPSA) is 128 Å². The molecule has 0 saturated carbocycles. The van der Waals surface area contributed by atoms with Gasteiger partial charge in [-0.1, -0.05) is 31.2 Å². The maximum atomic E-state index is 13.0. The quantitative estimate of drug-likeness (QED) is 0.348. The van der Waals surface area contributed by atoms with Crippen LogP contribution in [-0.2, 0) is 4.74 Å². The number of para-hydroxylation sites is 1. The summed E-state index contributed by atoms with van der Waals surface area (Å²) < 4.78 is 13.1. The number of aromatic amines is 1. The molecule has 2 heterocycles. The molecule has 0 unspecified atom stereocenters. The van der Waals surface area contributed by atoms with Crippen LogP contribution in [0.4, 0.5) is 10.6 Å². The molecular formula is C28H32N6O4. The summed E-state index contributed by atoms with van der Waals surface area (Å²) >= 11 is 0. The van der Waals surface area contributed by atoms with Crippen molar-refractivity contribution in [2.24, 2.45) is 0 Å². The molecule has 0 spiro atoms. The van der Waals surface area contributed by atoms with E-state index in [1.165, 1.54) is 4.90 Å². The lowest BCUT2D eigenvalue weighted by atomic mass is 10.1. The van der Waals surface area contributed by atoms with Gasteiger partial charge >= 0.3 is 6.09 Å². The zero-order valence-corrected chi connectivity index (χ0v) is 22.2. The number of nitrogen functional groups attached to an aromatic ring is 1. The first-order valence-corrected chi connectivity index (χ1v) is 12.3. The molecule has 4 rings (SSSR count).